The number of amides is 2. The molecule has 2 amide bonds. The Morgan fingerprint density at radius 3 is 2.53 bits per heavy atom. The minimum atomic E-state index is -0.695. The van der Waals surface area contributed by atoms with Crippen LogP contribution < -0.4 is 4.74 Å². The number of phenolic OH excluding ortho intramolecular Hbond substituents is 1. The average Bonchev–Trinajstić information content (AvgIpc) is 2.73. The number of ether oxygens (including phenoxy) is 1. The van der Waals surface area contributed by atoms with Gasteiger partial charge in [-0.1, -0.05) is 6.07 Å². The van der Waals surface area contributed by atoms with Gasteiger partial charge in [-0.3, -0.25) is 19.7 Å². The SMILES string of the molecule is COc1cc(C=NN2C(=O)c3cccc4c([N+](=O)[O-])ccc(c34)C2=O)cc(Br)c1O. The highest BCUT2D eigenvalue weighted by molar-refractivity contribution is 9.10. The number of non-ortho nitro benzene ring substituents is 1. The Balaban J connectivity index is 1.79. The monoisotopic (exact) mass is 469 g/mol. The maximum absolute atomic E-state index is 12.9. The van der Waals surface area contributed by atoms with E-state index in [9.17, 15) is 24.8 Å². The van der Waals surface area contributed by atoms with Gasteiger partial charge in [0.25, 0.3) is 17.5 Å². The van der Waals surface area contributed by atoms with E-state index in [-0.39, 0.29) is 39.1 Å². The second-order valence-electron chi connectivity index (χ2n) is 6.34. The Kier molecular flexibility index (Phi) is 4.70. The van der Waals surface area contributed by atoms with Crippen molar-refractivity contribution in [2.24, 2.45) is 5.10 Å². The van der Waals surface area contributed by atoms with Crippen LogP contribution in [0.2, 0.25) is 0 Å². The van der Waals surface area contributed by atoms with Crippen LogP contribution in [0, 0.1) is 10.1 Å². The van der Waals surface area contributed by atoms with Gasteiger partial charge in [0.1, 0.15) is 0 Å². The number of nitrogens with zero attached hydrogens (tertiary/aromatic N) is 3. The molecule has 4 rings (SSSR count). The van der Waals surface area contributed by atoms with E-state index in [0.717, 1.165) is 0 Å². The van der Waals surface area contributed by atoms with Crippen LogP contribution in [0.1, 0.15) is 26.3 Å². The third kappa shape index (κ3) is 2.98. The molecule has 9 nitrogen and oxygen atoms in total. The highest BCUT2D eigenvalue weighted by Gasteiger charge is 2.34. The number of nitro benzene ring substituents is 1. The standard InChI is InChI=1S/C20H12BrN3O6/c1-30-16-8-10(7-14(21)18(16)25)9-22-23-19(26)12-4-2-3-11-15(24(28)29)6-5-13(17(11)12)20(23)27/h2-9,25H,1H3. The normalized spacial score (nSPS) is 13.3. The van der Waals surface area contributed by atoms with Crippen LogP contribution in [0.5, 0.6) is 11.5 Å². The highest BCUT2D eigenvalue weighted by Crippen LogP contribution is 2.36. The van der Waals surface area contributed by atoms with E-state index in [1.807, 2.05) is 0 Å². The molecule has 30 heavy (non-hydrogen) atoms. The van der Waals surface area contributed by atoms with Crippen molar-refractivity contribution in [1.29, 1.82) is 0 Å². The van der Waals surface area contributed by atoms with Crippen molar-refractivity contribution >= 4 is 50.4 Å². The largest absolute Gasteiger partial charge is 0.503 e. The summed E-state index contributed by atoms with van der Waals surface area (Å²) in [5.74, 6) is -1.30. The lowest BCUT2D eigenvalue weighted by atomic mass is 9.94. The Morgan fingerprint density at radius 1 is 1.17 bits per heavy atom. The molecule has 1 N–H and O–H groups in total. The molecule has 0 atom stereocenters. The number of halogens is 1. The highest BCUT2D eigenvalue weighted by atomic mass is 79.9. The zero-order chi connectivity index (χ0) is 21.6. The fourth-order valence-corrected chi connectivity index (χ4v) is 3.74. The van der Waals surface area contributed by atoms with Crippen molar-refractivity contribution < 1.29 is 24.4 Å². The summed E-state index contributed by atoms with van der Waals surface area (Å²) in [7, 11) is 1.39. The number of nitro groups is 1. The Hall–Kier alpha value is -3.79. The Bertz CT molecular complexity index is 1270. The number of carbonyl (C=O) groups excluding carboxylic acids is 2. The van der Waals surface area contributed by atoms with E-state index in [1.165, 1.54) is 55.8 Å². The van der Waals surface area contributed by atoms with Gasteiger partial charge in [0.2, 0.25) is 0 Å². The van der Waals surface area contributed by atoms with Gasteiger partial charge < -0.3 is 9.84 Å². The smallest absolute Gasteiger partial charge is 0.282 e. The summed E-state index contributed by atoms with van der Waals surface area (Å²) in [6.45, 7) is 0. The number of benzene rings is 3. The van der Waals surface area contributed by atoms with Crippen molar-refractivity contribution in [2.75, 3.05) is 7.11 Å². The molecule has 0 saturated heterocycles. The van der Waals surface area contributed by atoms with Gasteiger partial charge in [-0.2, -0.15) is 10.1 Å². The molecule has 0 unspecified atom stereocenters. The molecule has 0 saturated carbocycles. The van der Waals surface area contributed by atoms with Crippen LogP contribution in [0.25, 0.3) is 10.8 Å². The predicted molar refractivity (Wildman–Crippen MR) is 111 cm³/mol. The third-order valence-electron chi connectivity index (χ3n) is 4.65. The summed E-state index contributed by atoms with van der Waals surface area (Å²) in [5.41, 5.74) is 0.568. The Morgan fingerprint density at radius 2 is 1.87 bits per heavy atom. The summed E-state index contributed by atoms with van der Waals surface area (Å²) < 4.78 is 5.42. The molecule has 150 valence electrons. The summed E-state index contributed by atoms with van der Waals surface area (Å²) in [4.78, 5) is 36.6. The average molecular weight is 470 g/mol. The van der Waals surface area contributed by atoms with E-state index >= 15 is 0 Å². The van der Waals surface area contributed by atoms with E-state index in [4.69, 9.17) is 4.74 Å². The number of carbonyl (C=O) groups is 2. The van der Waals surface area contributed by atoms with Gasteiger partial charge in [0.15, 0.2) is 11.5 Å². The number of rotatable bonds is 4. The minimum absolute atomic E-state index is 0.0954. The second-order valence-corrected chi connectivity index (χ2v) is 7.19. The lowest BCUT2D eigenvalue weighted by Gasteiger charge is -2.23. The van der Waals surface area contributed by atoms with Gasteiger partial charge in [0, 0.05) is 11.5 Å². The van der Waals surface area contributed by atoms with Gasteiger partial charge >= 0.3 is 0 Å². The van der Waals surface area contributed by atoms with Gasteiger partial charge in [0.05, 0.1) is 39.2 Å². The molecule has 1 aliphatic heterocycles. The number of imide groups is 1. The quantitative estimate of drug-likeness (QED) is 0.268. The number of hydrogen-bond acceptors (Lipinski definition) is 7. The number of methoxy groups -OCH3 is 1. The lowest BCUT2D eigenvalue weighted by Crippen LogP contribution is -2.36. The molecule has 0 bridgehead atoms. The molecule has 10 heteroatoms. The second kappa shape index (κ2) is 7.23. The Labute approximate surface area is 177 Å². The summed E-state index contributed by atoms with van der Waals surface area (Å²) in [6, 6.07) is 10.1. The van der Waals surface area contributed by atoms with Gasteiger partial charge in [-0.05, 0) is 51.8 Å². The van der Waals surface area contributed by atoms with Gasteiger partial charge in [-0.15, -0.1) is 0 Å². The predicted octanol–water partition coefficient (Wildman–Crippen LogP) is 3.85. The summed E-state index contributed by atoms with van der Waals surface area (Å²) in [6.07, 6.45) is 1.28. The lowest BCUT2D eigenvalue weighted by molar-refractivity contribution is -0.383. The molecule has 0 aliphatic carbocycles. The molecule has 0 spiro atoms. The van der Waals surface area contributed by atoms with Crippen LogP contribution >= 0.6 is 15.9 Å². The van der Waals surface area contributed by atoms with Gasteiger partial charge in [-0.25, -0.2) is 0 Å². The van der Waals surface area contributed by atoms with E-state index < -0.39 is 16.7 Å². The van der Waals surface area contributed by atoms with E-state index in [2.05, 4.69) is 21.0 Å². The number of hydrogen-bond donors (Lipinski definition) is 1. The van der Waals surface area contributed by atoms with Crippen LogP contribution in [0.4, 0.5) is 5.69 Å². The van der Waals surface area contributed by atoms with Crippen LogP contribution in [-0.4, -0.2) is 40.2 Å². The maximum Gasteiger partial charge on any atom is 0.282 e. The van der Waals surface area contributed by atoms with Crippen molar-refractivity contribution in [1.82, 2.24) is 5.01 Å². The maximum atomic E-state index is 12.9. The van der Waals surface area contributed by atoms with Crippen molar-refractivity contribution in [3.05, 3.63) is 73.7 Å². The molecule has 1 aliphatic rings. The van der Waals surface area contributed by atoms with Crippen LogP contribution in [0.3, 0.4) is 0 Å². The fraction of sp³-hybridized carbons (Fsp3) is 0.0500. The van der Waals surface area contributed by atoms with E-state index in [0.29, 0.717) is 15.0 Å². The third-order valence-corrected chi connectivity index (χ3v) is 5.26. The van der Waals surface area contributed by atoms with Crippen LogP contribution in [-0.2, 0) is 0 Å². The first-order chi connectivity index (χ1) is 14.3. The fourth-order valence-electron chi connectivity index (χ4n) is 3.28. The van der Waals surface area contributed by atoms with Crippen molar-refractivity contribution in [2.45, 2.75) is 0 Å². The molecular formula is C20H12BrN3O6. The van der Waals surface area contributed by atoms with Crippen LogP contribution in [0.15, 0.2) is 52.0 Å². The van der Waals surface area contributed by atoms with Crippen molar-refractivity contribution in [3.8, 4) is 11.5 Å². The first-order valence-electron chi connectivity index (χ1n) is 8.53. The molecule has 0 fully saturated rings. The number of phenols is 1. The molecule has 0 aromatic heterocycles. The summed E-state index contributed by atoms with van der Waals surface area (Å²) >= 11 is 3.19. The molecule has 3 aromatic rings. The molecular weight excluding hydrogens is 458 g/mol. The first kappa shape index (κ1) is 19.5. The van der Waals surface area contributed by atoms with Crippen molar-refractivity contribution in [3.63, 3.8) is 0 Å². The minimum Gasteiger partial charge on any atom is -0.503 e. The van der Waals surface area contributed by atoms with E-state index in [1.54, 1.807) is 0 Å². The zero-order valence-electron chi connectivity index (χ0n) is 15.3. The molecule has 3 aromatic carbocycles. The molecule has 1 heterocycles. The molecule has 0 radical (unpaired) electrons. The summed E-state index contributed by atoms with van der Waals surface area (Å²) in [5, 5.41) is 26.4. The topological polar surface area (TPSA) is 122 Å². The number of aromatic hydroxyl groups is 1. The first-order valence-corrected chi connectivity index (χ1v) is 9.32. The number of hydrazone groups is 1. The zero-order valence-corrected chi connectivity index (χ0v) is 16.9.